The van der Waals surface area contributed by atoms with E-state index in [0.717, 1.165) is 39.8 Å². The summed E-state index contributed by atoms with van der Waals surface area (Å²) in [5, 5.41) is 0.711. The van der Waals surface area contributed by atoms with E-state index in [-0.39, 0.29) is 0 Å². The number of aromatic nitrogens is 4. The summed E-state index contributed by atoms with van der Waals surface area (Å²) in [6, 6.07) is 13.7. The molecule has 0 atom stereocenters. The fraction of sp³-hybridized carbons (Fsp3) is 0.0909. The minimum Gasteiger partial charge on any atom is -0.495 e. The maximum absolute atomic E-state index is 5.94. The van der Waals surface area contributed by atoms with Gasteiger partial charge in [-0.05, 0) is 42.8 Å². The van der Waals surface area contributed by atoms with Crippen molar-refractivity contribution in [1.82, 2.24) is 19.5 Å². The van der Waals surface area contributed by atoms with Crippen LogP contribution < -0.4 is 4.74 Å². The molecule has 0 aliphatic carbocycles. The van der Waals surface area contributed by atoms with Gasteiger partial charge in [-0.15, -0.1) is 0 Å². The number of rotatable bonds is 5. The Labute approximate surface area is 168 Å². The van der Waals surface area contributed by atoms with Gasteiger partial charge in [0.1, 0.15) is 11.6 Å². The number of hydrogen-bond acceptors (Lipinski definition) is 3. The third kappa shape index (κ3) is 3.85. The first kappa shape index (κ1) is 18.1. The van der Waals surface area contributed by atoms with Crippen LogP contribution >= 0.6 is 11.6 Å². The van der Waals surface area contributed by atoms with Crippen molar-refractivity contribution in [2.45, 2.75) is 6.92 Å². The summed E-state index contributed by atoms with van der Waals surface area (Å²) in [5.41, 5.74) is 4.81. The fourth-order valence-corrected chi connectivity index (χ4v) is 3.06. The smallest absolute Gasteiger partial charge is 0.143 e. The molecule has 2 aromatic heterocycles. The number of aromatic amines is 1. The normalized spacial score (nSPS) is 11.2. The third-order valence-corrected chi connectivity index (χ3v) is 4.62. The maximum Gasteiger partial charge on any atom is 0.143 e. The van der Waals surface area contributed by atoms with Crippen molar-refractivity contribution in [2.75, 3.05) is 7.11 Å². The van der Waals surface area contributed by atoms with E-state index in [1.54, 1.807) is 13.4 Å². The summed E-state index contributed by atoms with van der Waals surface area (Å²) in [5.74, 6) is 1.55. The lowest BCUT2D eigenvalue weighted by atomic mass is 10.1. The van der Waals surface area contributed by atoms with Gasteiger partial charge < -0.3 is 14.3 Å². The molecule has 4 rings (SSSR count). The summed E-state index contributed by atoms with van der Waals surface area (Å²) in [4.78, 5) is 12.1. The number of aryl methyl sites for hydroxylation is 1. The molecule has 0 saturated carbocycles. The number of nitrogens with one attached hydrogen (secondary N) is 1. The van der Waals surface area contributed by atoms with Gasteiger partial charge in [0.2, 0.25) is 0 Å². The minimum atomic E-state index is 0.711. The predicted molar refractivity (Wildman–Crippen MR) is 113 cm³/mol. The second-order valence-electron chi connectivity index (χ2n) is 6.36. The number of halogens is 1. The van der Waals surface area contributed by atoms with Gasteiger partial charge in [-0.3, -0.25) is 0 Å². The maximum atomic E-state index is 5.94. The number of methoxy groups -OCH3 is 1. The van der Waals surface area contributed by atoms with E-state index in [4.69, 9.17) is 16.3 Å². The van der Waals surface area contributed by atoms with Gasteiger partial charge >= 0.3 is 0 Å². The molecule has 2 aromatic carbocycles. The SMILES string of the molecule is COc1cc(/C=C/c2nc(-c3ccc(Cl)cc3)c[nH]2)ccc1-n1cnc(C)c1. The Kier molecular flexibility index (Phi) is 5.00. The third-order valence-electron chi connectivity index (χ3n) is 4.36. The number of hydrogen-bond donors (Lipinski definition) is 1. The van der Waals surface area contributed by atoms with Crippen molar-refractivity contribution in [3.8, 4) is 22.7 Å². The molecule has 0 radical (unpaired) electrons. The van der Waals surface area contributed by atoms with E-state index in [1.807, 2.05) is 78.5 Å². The highest BCUT2D eigenvalue weighted by Crippen LogP contribution is 2.26. The van der Waals surface area contributed by atoms with Crippen LogP contribution in [0.1, 0.15) is 17.1 Å². The fourth-order valence-electron chi connectivity index (χ4n) is 2.93. The molecule has 0 saturated heterocycles. The highest BCUT2D eigenvalue weighted by molar-refractivity contribution is 6.30. The summed E-state index contributed by atoms with van der Waals surface area (Å²) in [7, 11) is 1.67. The van der Waals surface area contributed by atoms with Crippen LogP contribution in [0.4, 0.5) is 0 Å². The molecule has 28 heavy (non-hydrogen) atoms. The molecule has 4 aromatic rings. The average Bonchev–Trinajstić information content (AvgIpc) is 3.36. The topological polar surface area (TPSA) is 55.7 Å². The number of nitrogens with zero attached hydrogens (tertiary/aromatic N) is 3. The van der Waals surface area contributed by atoms with E-state index in [9.17, 15) is 0 Å². The van der Waals surface area contributed by atoms with Crippen molar-refractivity contribution in [3.05, 3.63) is 83.3 Å². The number of ether oxygens (including phenoxy) is 1. The lowest BCUT2D eigenvalue weighted by molar-refractivity contribution is 0.413. The Morgan fingerprint density at radius 1 is 1.11 bits per heavy atom. The van der Waals surface area contributed by atoms with Gasteiger partial charge in [-0.25, -0.2) is 9.97 Å². The lowest BCUT2D eigenvalue weighted by Gasteiger charge is -2.09. The first-order chi connectivity index (χ1) is 13.6. The van der Waals surface area contributed by atoms with Crippen LogP contribution in [-0.2, 0) is 0 Å². The highest BCUT2D eigenvalue weighted by Gasteiger charge is 2.07. The monoisotopic (exact) mass is 390 g/mol. The molecular weight excluding hydrogens is 372 g/mol. The second-order valence-corrected chi connectivity index (χ2v) is 6.80. The largest absolute Gasteiger partial charge is 0.495 e. The Bertz CT molecular complexity index is 1130. The van der Waals surface area contributed by atoms with Gasteiger partial charge in [0.05, 0.1) is 30.5 Å². The predicted octanol–water partition coefficient (Wildman–Crippen LogP) is 5.40. The van der Waals surface area contributed by atoms with Crippen LogP contribution in [0.15, 0.2) is 61.2 Å². The molecular formula is C22H19ClN4O. The zero-order valence-electron chi connectivity index (χ0n) is 15.6. The lowest BCUT2D eigenvalue weighted by Crippen LogP contribution is -1.95. The zero-order valence-corrected chi connectivity index (χ0v) is 16.3. The molecule has 2 heterocycles. The molecule has 0 unspecified atom stereocenters. The van der Waals surface area contributed by atoms with Crippen molar-refractivity contribution < 1.29 is 4.74 Å². The Morgan fingerprint density at radius 2 is 1.93 bits per heavy atom. The first-order valence-corrected chi connectivity index (χ1v) is 9.18. The number of benzene rings is 2. The molecule has 0 fully saturated rings. The molecule has 0 amide bonds. The number of H-pyrrole nitrogens is 1. The van der Waals surface area contributed by atoms with Crippen molar-refractivity contribution >= 4 is 23.8 Å². The Hall–Kier alpha value is -3.31. The van der Waals surface area contributed by atoms with Crippen LogP contribution in [0.5, 0.6) is 5.75 Å². The highest BCUT2D eigenvalue weighted by atomic mass is 35.5. The molecule has 0 aliphatic rings. The van der Waals surface area contributed by atoms with Crippen LogP contribution in [0.3, 0.4) is 0 Å². The van der Waals surface area contributed by atoms with Crippen LogP contribution in [0.2, 0.25) is 5.02 Å². The molecule has 0 spiro atoms. The molecule has 5 nitrogen and oxygen atoms in total. The molecule has 0 aliphatic heterocycles. The van der Waals surface area contributed by atoms with E-state index in [2.05, 4.69) is 15.0 Å². The summed E-state index contributed by atoms with van der Waals surface area (Å²) < 4.78 is 7.51. The summed E-state index contributed by atoms with van der Waals surface area (Å²) in [6.07, 6.45) is 9.57. The average molecular weight is 391 g/mol. The molecule has 140 valence electrons. The van der Waals surface area contributed by atoms with Crippen LogP contribution in [-0.4, -0.2) is 26.6 Å². The molecule has 0 bridgehead atoms. The van der Waals surface area contributed by atoms with Gasteiger partial charge in [0.25, 0.3) is 0 Å². The van der Waals surface area contributed by atoms with Gasteiger partial charge in [0, 0.05) is 23.0 Å². The number of imidazole rings is 2. The quantitative estimate of drug-likeness (QED) is 0.496. The zero-order chi connectivity index (χ0) is 19.5. The van der Waals surface area contributed by atoms with E-state index in [0.29, 0.717) is 5.02 Å². The van der Waals surface area contributed by atoms with Gasteiger partial charge in [-0.1, -0.05) is 35.9 Å². The van der Waals surface area contributed by atoms with E-state index in [1.165, 1.54) is 0 Å². The second kappa shape index (κ2) is 7.74. The van der Waals surface area contributed by atoms with Crippen molar-refractivity contribution in [2.24, 2.45) is 0 Å². The summed E-state index contributed by atoms with van der Waals surface area (Å²) >= 11 is 5.94. The van der Waals surface area contributed by atoms with Crippen LogP contribution in [0, 0.1) is 6.92 Å². The standard InChI is InChI=1S/C22H19ClN4O/c1-15-13-27(14-25-15)20-9-3-16(11-21(20)28-2)4-10-22-24-12-19(26-22)17-5-7-18(23)8-6-17/h3-14H,1-2H3,(H,24,26)/b10-4+. The molecule has 6 heteroatoms. The minimum absolute atomic E-state index is 0.711. The summed E-state index contributed by atoms with van der Waals surface area (Å²) in [6.45, 7) is 1.96. The van der Waals surface area contributed by atoms with Crippen LogP contribution in [0.25, 0.3) is 29.1 Å². The molecule has 1 N–H and O–H groups in total. The van der Waals surface area contributed by atoms with E-state index >= 15 is 0 Å². The van der Waals surface area contributed by atoms with Crippen molar-refractivity contribution in [1.29, 1.82) is 0 Å². The first-order valence-electron chi connectivity index (χ1n) is 8.81. The van der Waals surface area contributed by atoms with Gasteiger partial charge in [0.15, 0.2) is 0 Å². The van der Waals surface area contributed by atoms with E-state index < -0.39 is 0 Å². The van der Waals surface area contributed by atoms with Gasteiger partial charge in [-0.2, -0.15) is 0 Å². The Morgan fingerprint density at radius 3 is 2.64 bits per heavy atom. The Balaban J connectivity index is 1.56. The van der Waals surface area contributed by atoms with Crippen molar-refractivity contribution in [3.63, 3.8) is 0 Å².